The van der Waals surface area contributed by atoms with E-state index in [0.717, 1.165) is 6.26 Å². The first-order chi connectivity index (χ1) is 12.8. The van der Waals surface area contributed by atoms with Gasteiger partial charge in [-0.2, -0.15) is 8.42 Å². The summed E-state index contributed by atoms with van der Waals surface area (Å²) in [6, 6.07) is 5.02. The van der Waals surface area contributed by atoms with Crippen molar-refractivity contribution in [2.24, 2.45) is 11.3 Å². The molecule has 0 spiro atoms. The number of nitrogens with zero attached hydrogens (tertiary/aromatic N) is 1. The average Bonchev–Trinajstić information content (AvgIpc) is 2.74. The predicted octanol–water partition coefficient (Wildman–Crippen LogP) is 4.05. The summed E-state index contributed by atoms with van der Waals surface area (Å²) in [5, 5.41) is 10.3. The number of amides is 1. The van der Waals surface area contributed by atoms with E-state index in [1.54, 1.807) is 18.2 Å². The molecule has 10 heteroatoms. The number of halogens is 2. The number of carboxylic acid groups (broad SMARTS) is 1. The minimum absolute atomic E-state index is 0.0579. The zero-order valence-electron chi connectivity index (χ0n) is 16.2. The van der Waals surface area contributed by atoms with Crippen LogP contribution in [-0.4, -0.2) is 56.6 Å². The van der Waals surface area contributed by atoms with Gasteiger partial charge in [0.1, 0.15) is 0 Å². The Kier molecular flexibility index (Phi) is 7.26. The standard InChI is InChI=1S/C18H25Cl2NO6S/c1-18(2,3)15-9-21(17(22)23)8-12(10-26-28(4,24)25)16(27-15)11-5-6-13(19)14(20)7-11/h5-7,12,15-16H,8-10H2,1-4H3,(H,22,23). The van der Waals surface area contributed by atoms with Gasteiger partial charge in [0.05, 0.1) is 41.7 Å². The molecule has 0 aromatic heterocycles. The molecule has 1 aliphatic rings. The first-order valence-corrected chi connectivity index (χ1v) is 11.3. The molecule has 1 aromatic rings. The molecule has 7 nitrogen and oxygen atoms in total. The molecule has 1 heterocycles. The van der Waals surface area contributed by atoms with Crippen LogP contribution in [0.3, 0.4) is 0 Å². The first-order valence-electron chi connectivity index (χ1n) is 8.70. The second kappa shape index (κ2) is 8.75. The van der Waals surface area contributed by atoms with Gasteiger partial charge in [-0.1, -0.05) is 50.0 Å². The molecule has 3 atom stereocenters. The van der Waals surface area contributed by atoms with Crippen LogP contribution in [0.5, 0.6) is 0 Å². The van der Waals surface area contributed by atoms with E-state index >= 15 is 0 Å². The number of rotatable bonds is 4. The van der Waals surface area contributed by atoms with E-state index in [1.165, 1.54) is 4.90 Å². The van der Waals surface area contributed by atoms with Crippen LogP contribution in [0.15, 0.2) is 18.2 Å². The number of carbonyl (C=O) groups is 1. The van der Waals surface area contributed by atoms with Crippen LogP contribution in [-0.2, 0) is 19.0 Å². The Morgan fingerprint density at radius 2 is 1.93 bits per heavy atom. The van der Waals surface area contributed by atoms with Gasteiger partial charge < -0.3 is 14.7 Å². The molecular weight excluding hydrogens is 429 g/mol. The van der Waals surface area contributed by atoms with Gasteiger partial charge in [-0.25, -0.2) is 4.79 Å². The van der Waals surface area contributed by atoms with Gasteiger partial charge in [0, 0.05) is 12.5 Å². The lowest BCUT2D eigenvalue weighted by Crippen LogP contribution is -2.42. The summed E-state index contributed by atoms with van der Waals surface area (Å²) in [5.74, 6) is -0.560. The topological polar surface area (TPSA) is 93.1 Å². The van der Waals surface area contributed by atoms with Gasteiger partial charge in [0.2, 0.25) is 0 Å². The maximum atomic E-state index is 11.7. The van der Waals surface area contributed by atoms with Crippen molar-refractivity contribution < 1.29 is 27.2 Å². The molecule has 158 valence electrons. The summed E-state index contributed by atoms with van der Waals surface area (Å²) in [6.07, 6.45) is -1.19. The van der Waals surface area contributed by atoms with Crippen LogP contribution in [0.2, 0.25) is 10.0 Å². The van der Waals surface area contributed by atoms with Crippen LogP contribution in [0.4, 0.5) is 4.79 Å². The van der Waals surface area contributed by atoms with Crippen molar-refractivity contribution in [3.8, 4) is 0 Å². The van der Waals surface area contributed by atoms with E-state index in [0.29, 0.717) is 15.6 Å². The normalized spacial score (nSPS) is 24.1. The third-order valence-corrected chi connectivity index (χ3v) is 5.89. The molecule has 1 amide bonds. The van der Waals surface area contributed by atoms with E-state index in [2.05, 4.69) is 0 Å². The van der Waals surface area contributed by atoms with Crippen LogP contribution in [0.1, 0.15) is 32.4 Å². The molecule has 1 saturated heterocycles. The van der Waals surface area contributed by atoms with Gasteiger partial charge in [0.25, 0.3) is 10.1 Å². The molecule has 28 heavy (non-hydrogen) atoms. The molecule has 0 radical (unpaired) electrons. The van der Waals surface area contributed by atoms with Crippen LogP contribution < -0.4 is 0 Å². The number of hydrogen-bond donors (Lipinski definition) is 1. The summed E-state index contributed by atoms with van der Waals surface area (Å²) in [4.78, 5) is 13.0. The second-order valence-electron chi connectivity index (χ2n) is 8.02. The van der Waals surface area contributed by atoms with E-state index in [9.17, 15) is 18.3 Å². The fourth-order valence-electron chi connectivity index (χ4n) is 3.01. The Bertz CT molecular complexity index is 824. The summed E-state index contributed by atoms with van der Waals surface area (Å²) in [7, 11) is -3.70. The lowest BCUT2D eigenvalue weighted by atomic mass is 9.88. The van der Waals surface area contributed by atoms with Crippen LogP contribution in [0.25, 0.3) is 0 Å². The molecule has 3 unspecified atom stereocenters. The van der Waals surface area contributed by atoms with Crippen LogP contribution >= 0.6 is 23.2 Å². The first kappa shape index (κ1) is 23.2. The lowest BCUT2D eigenvalue weighted by Gasteiger charge is -2.34. The fraction of sp³-hybridized carbons (Fsp3) is 0.611. The zero-order valence-corrected chi connectivity index (χ0v) is 18.5. The molecule has 1 aromatic carbocycles. The van der Waals surface area contributed by atoms with Gasteiger partial charge in [-0.15, -0.1) is 0 Å². The lowest BCUT2D eigenvalue weighted by molar-refractivity contribution is -0.0812. The largest absolute Gasteiger partial charge is 0.465 e. The molecule has 1 N–H and O–H groups in total. The number of hydrogen-bond acceptors (Lipinski definition) is 5. The smallest absolute Gasteiger partial charge is 0.407 e. The van der Waals surface area contributed by atoms with Crippen LogP contribution in [0, 0.1) is 11.3 Å². The maximum Gasteiger partial charge on any atom is 0.407 e. The van der Waals surface area contributed by atoms with E-state index in [4.69, 9.17) is 32.1 Å². The zero-order chi connectivity index (χ0) is 21.3. The quantitative estimate of drug-likeness (QED) is 0.690. The van der Waals surface area contributed by atoms with Gasteiger partial charge in [-0.3, -0.25) is 4.18 Å². The highest BCUT2D eigenvalue weighted by molar-refractivity contribution is 7.85. The van der Waals surface area contributed by atoms with Gasteiger partial charge in [-0.05, 0) is 23.1 Å². The highest BCUT2D eigenvalue weighted by Crippen LogP contribution is 2.38. The maximum absolute atomic E-state index is 11.7. The molecule has 0 bridgehead atoms. The van der Waals surface area contributed by atoms with Crippen molar-refractivity contribution >= 4 is 39.4 Å². The molecule has 0 saturated carbocycles. The Morgan fingerprint density at radius 1 is 1.29 bits per heavy atom. The van der Waals surface area contributed by atoms with E-state index in [1.807, 2.05) is 20.8 Å². The highest BCUT2D eigenvalue weighted by atomic mass is 35.5. The average molecular weight is 454 g/mol. The van der Waals surface area contributed by atoms with Gasteiger partial charge in [0.15, 0.2) is 0 Å². The molecule has 2 rings (SSSR count). The van der Waals surface area contributed by atoms with E-state index < -0.39 is 34.3 Å². The molecule has 0 aliphatic carbocycles. The SMILES string of the molecule is CC(C)(C)C1CN(C(=O)O)CC(COS(C)(=O)=O)C(c2ccc(Cl)c(Cl)c2)O1. The molecular formula is C18H25Cl2NO6S. The highest BCUT2D eigenvalue weighted by Gasteiger charge is 2.40. The fourth-order valence-corrected chi connectivity index (χ4v) is 3.74. The number of ether oxygens (including phenoxy) is 1. The summed E-state index contributed by atoms with van der Waals surface area (Å²) >= 11 is 12.2. The summed E-state index contributed by atoms with van der Waals surface area (Å²) < 4.78 is 34.3. The molecule has 1 aliphatic heterocycles. The molecule has 1 fully saturated rings. The van der Waals surface area contributed by atoms with Crippen molar-refractivity contribution in [1.82, 2.24) is 4.90 Å². The third kappa shape index (κ3) is 6.22. The third-order valence-electron chi connectivity index (χ3n) is 4.58. The Labute approximate surface area is 175 Å². The van der Waals surface area contributed by atoms with Crippen molar-refractivity contribution in [3.63, 3.8) is 0 Å². The van der Waals surface area contributed by atoms with Crippen molar-refractivity contribution in [2.45, 2.75) is 33.0 Å². The van der Waals surface area contributed by atoms with Crippen molar-refractivity contribution in [1.29, 1.82) is 0 Å². The minimum atomic E-state index is -3.70. The number of benzene rings is 1. The predicted molar refractivity (Wildman–Crippen MR) is 107 cm³/mol. The van der Waals surface area contributed by atoms with E-state index in [-0.39, 0.29) is 25.1 Å². The summed E-state index contributed by atoms with van der Waals surface area (Å²) in [6.45, 7) is 5.86. The van der Waals surface area contributed by atoms with Gasteiger partial charge >= 0.3 is 6.09 Å². The Morgan fingerprint density at radius 3 is 2.43 bits per heavy atom. The Hall–Kier alpha value is -1.06. The minimum Gasteiger partial charge on any atom is -0.465 e. The monoisotopic (exact) mass is 453 g/mol. The van der Waals surface area contributed by atoms with Crippen molar-refractivity contribution in [2.75, 3.05) is 26.0 Å². The second-order valence-corrected chi connectivity index (χ2v) is 10.5. The Balaban J connectivity index is 2.47. The van der Waals surface area contributed by atoms with Crippen molar-refractivity contribution in [3.05, 3.63) is 33.8 Å². The summed E-state index contributed by atoms with van der Waals surface area (Å²) in [5.41, 5.74) is 0.326.